The lowest BCUT2D eigenvalue weighted by molar-refractivity contribution is -0.119. The first-order valence-electron chi connectivity index (χ1n) is 9.89. The third-order valence-electron chi connectivity index (χ3n) is 4.93. The topological polar surface area (TPSA) is 121 Å². The van der Waals surface area contributed by atoms with E-state index in [0.717, 1.165) is 10.9 Å². The Morgan fingerprint density at radius 2 is 1.48 bits per heavy atom. The van der Waals surface area contributed by atoms with Crippen LogP contribution in [-0.4, -0.2) is 49.6 Å². The number of esters is 3. The monoisotopic (exact) mass is 450 g/mol. The van der Waals surface area contributed by atoms with E-state index < -0.39 is 30.4 Å². The predicted octanol–water partition coefficient (Wildman–Crippen LogP) is 3.22. The highest BCUT2D eigenvalue weighted by Crippen LogP contribution is 2.23. The van der Waals surface area contributed by atoms with Gasteiger partial charge in [0.25, 0.3) is 5.91 Å². The molecule has 0 bridgehead atoms. The fourth-order valence-electron chi connectivity index (χ4n) is 3.40. The van der Waals surface area contributed by atoms with Crippen LogP contribution in [-0.2, 0) is 19.0 Å². The van der Waals surface area contributed by atoms with Crippen molar-refractivity contribution in [2.45, 2.75) is 13.8 Å². The quantitative estimate of drug-likeness (QED) is 0.449. The maximum atomic E-state index is 12.7. The van der Waals surface area contributed by atoms with Gasteiger partial charge in [-0.2, -0.15) is 0 Å². The van der Waals surface area contributed by atoms with Crippen molar-refractivity contribution >= 4 is 40.4 Å². The Labute approximate surface area is 189 Å². The molecule has 0 aliphatic heterocycles. The van der Waals surface area contributed by atoms with Crippen LogP contribution in [0, 0.1) is 13.8 Å². The molecule has 0 fully saturated rings. The predicted molar refractivity (Wildman–Crippen MR) is 119 cm³/mol. The summed E-state index contributed by atoms with van der Waals surface area (Å²) in [6.07, 6.45) is 0. The fraction of sp³-hybridized carbons (Fsp3) is 0.208. The molecule has 0 saturated carbocycles. The first-order valence-corrected chi connectivity index (χ1v) is 9.89. The third kappa shape index (κ3) is 5.15. The van der Waals surface area contributed by atoms with Gasteiger partial charge in [0.05, 0.1) is 42.1 Å². The Hall–Kier alpha value is -4.27. The van der Waals surface area contributed by atoms with E-state index in [4.69, 9.17) is 4.74 Å². The van der Waals surface area contributed by atoms with E-state index in [1.54, 1.807) is 13.8 Å². The Kier molecular flexibility index (Phi) is 7.02. The molecule has 0 saturated heterocycles. The summed E-state index contributed by atoms with van der Waals surface area (Å²) in [5, 5.41) is 3.31. The molecule has 9 heteroatoms. The maximum absolute atomic E-state index is 12.7. The highest BCUT2D eigenvalue weighted by molar-refractivity contribution is 6.02. The summed E-state index contributed by atoms with van der Waals surface area (Å²) < 4.78 is 14.5. The molecule has 1 aromatic heterocycles. The second-order valence-corrected chi connectivity index (χ2v) is 7.12. The summed E-state index contributed by atoms with van der Waals surface area (Å²) in [5.41, 5.74) is 2.47. The molecule has 0 atom stereocenters. The van der Waals surface area contributed by atoms with E-state index in [9.17, 15) is 19.2 Å². The smallest absolute Gasteiger partial charge is 0.340 e. The number of hydrogen-bond acceptors (Lipinski definition) is 8. The van der Waals surface area contributed by atoms with Crippen molar-refractivity contribution in [1.29, 1.82) is 0 Å². The average Bonchev–Trinajstić information content (AvgIpc) is 2.81. The number of carbonyl (C=O) groups is 4. The number of nitrogens with one attached hydrogen (secondary N) is 1. The van der Waals surface area contributed by atoms with Crippen LogP contribution in [0.1, 0.15) is 42.3 Å². The number of pyridine rings is 1. The first-order chi connectivity index (χ1) is 15.7. The van der Waals surface area contributed by atoms with Gasteiger partial charge in [-0.1, -0.05) is 18.2 Å². The van der Waals surface area contributed by atoms with Gasteiger partial charge in [0.2, 0.25) is 0 Å². The summed E-state index contributed by atoms with van der Waals surface area (Å²) >= 11 is 0. The minimum Gasteiger partial charge on any atom is -0.465 e. The number of nitrogens with zero attached hydrogens (tertiary/aromatic N) is 1. The lowest BCUT2D eigenvalue weighted by atomic mass is 10.0. The molecule has 170 valence electrons. The number of ether oxygens (including phenoxy) is 3. The standard InChI is InChI=1S/C24H22N2O7/c1-13-18-7-5-6-8-19(18)25-14(2)21(13)24(30)33-12-20(27)26-17-10-15(22(28)31-3)9-16(11-17)23(29)32-4/h5-11H,12H2,1-4H3,(H,26,27). The number of fused-ring (bicyclic) bond motifs is 1. The highest BCUT2D eigenvalue weighted by Gasteiger charge is 2.20. The van der Waals surface area contributed by atoms with Crippen LogP contribution in [0.3, 0.4) is 0 Å². The number of carbonyl (C=O) groups excluding carboxylic acids is 4. The van der Waals surface area contributed by atoms with Gasteiger partial charge < -0.3 is 19.5 Å². The number of hydrogen-bond donors (Lipinski definition) is 1. The van der Waals surface area contributed by atoms with E-state index >= 15 is 0 Å². The van der Waals surface area contributed by atoms with Crippen molar-refractivity contribution in [1.82, 2.24) is 4.98 Å². The van der Waals surface area contributed by atoms with E-state index in [-0.39, 0.29) is 16.8 Å². The zero-order valence-electron chi connectivity index (χ0n) is 18.6. The molecule has 1 N–H and O–H groups in total. The molecule has 0 radical (unpaired) electrons. The molecule has 3 rings (SSSR count). The van der Waals surface area contributed by atoms with Crippen LogP contribution in [0.4, 0.5) is 5.69 Å². The molecule has 33 heavy (non-hydrogen) atoms. The molecular formula is C24H22N2O7. The minimum absolute atomic E-state index is 0.0428. The number of amides is 1. The number of aromatic nitrogens is 1. The number of rotatable bonds is 6. The van der Waals surface area contributed by atoms with Gasteiger partial charge >= 0.3 is 17.9 Å². The van der Waals surface area contributed by atoms with E-state index in [0.29, 0.717) is 16.8 Å². The molecular weight excluding hydrogens is 428 g/mol. The normalized spacial score (nSPS) is 10.4. The number of aryl methyl sites for hydroxylation is 2. The molecule has 0 spiro atoms. The third-order valence-corrected chi connectivity index (χ3v) is 4.93. The van der Waals surface area contributed by atoms with Gasteiger partial charge in [-0.05, 0) is 43.7 Å². The van der Waals surface area contributed by atoms with Crippen molar-refractivity contribution in [3.8, 4) is 0 Å². The molecule has 1 heterocycles. The van der Waals surface area contributed by atoms with Gasteiger partial charge in [-0.25, -0.2) is 14.4 Å². The van der Waals surface area contributed by atoms with E-state index in [1.165, 1.54) is 32.4 Å². The summed E-state index contributed by atoms with van der Waals surface area (Å²) in [5.74, 6) is -2.74. The van der Waals surface area contributed by atoms with Gasteiger partial charge in [0.15, 0.2) is 6.61 Å². The largest absolute Gasteiger partial charge is 0.465 e. The lowest BCUT2D eigenvalue weighted by Gasteiger charge is -2.13. The lowest BCUT2D eigenvalue weighted by Crippen LogP contribution is -2.22. The molecule has 0 unspecified atom stereocenters. The van der Waals surface area contributed by atoms with E-state index in [2.05, 4.69) is 19.8 Å². The fourth-order valence-corrected chi connectivity index (χ4v) is 3.40. The van der Waals surface area contributed by atoms with Crippen molar-refractivity contribution < 1.29 is 33.4 Å². The molecule has 0 aliphatic rings. The van der Waals surface area contributed by atoms with Gasteiger partial charge in [-0.3, -0.25) is 9.78 Å². The number of methoxy groups -OCH3 is 2. The first kappa shape index (κ1) is 23.4. The van der Waals surface area contributed by atoms with Crippen LogP contribution in [0.15, 0.2) is 42.5 Å². The minimum atomic E-state index is -0.697. The zero-order chi connectivity index (χ0) is 24.1. The summed E-state index contributed by atoms with van der Waals surface area (Å²) in [6, 6.07) is 11.4. The summed E-state index contributed by atoms with van der Waals surface area (Å²) in [7, 11) is 2.38. The molecule has 9 nitrogen and oxygen atoms in total. The van der Waals surface area contributed by atoms with Crippen LogP contribution < -0.4 is 5.32 Å². The van der Waals surface area contributed by atoms with Crippen molar-refractivity contribution in [2.75, 3.05) is 26.1 Å². The second-order valence-electron chi connectivity index (χ2n) is 7.12. The number of anilines is 1. The Morgan fingerprint density at radius 3 is 2.09 bits per heavy atom. The molecule has 1 amide bonds. The van der Waals surface area contributed by atoms with E-state index in [1.807, 2.05) is 24.3 Å². The van der Waals surface area contributed by atoms with Crippen LogP contribution in [0.5, 0.6) is 0 Å². The van der Waals surface area contributed by atoms with Crippen molar-refractivity contribution in [3.05, 3.63) is 70.4 Å². The molecule has 2 aromatic carbocycles. The van der Waals surface area contributed by atoms with Crippen LogP contribution >= 0.6 is 0 Å². The number of para-hydroxylation sites is 1. The van der Waals surface area contributed by atoms with Crippen molar-refractivity contribution in [2.24, 2.45) is 0 Å². The summed E-state index contributed by atoms with van der Waals surface area (Å²) in [6.45, 7) is 2.91. The van der Waals surface area contributed by atoms with Gasteiger partial charge in [0.1, 0.15) is 0 Å². The number of benzene rings is 2. The Balaban J connectivity index is 1.76. The SMILES string of the molecule is COC(=O)c1cc(NC(=O)COC(=O)c2c(C)nc3ccccc3c2C)cc(C(=O)OC)c1. The summed E-state index contributed by atoms with van der Waals surface area (Å²) in [4.78, 5) is 53.3. The van der Waals surface area contributed by atoms with Gasteiger partial charge in [-0.15, -0.1) is 0 Å². The Morgan fingerprint density at radius 1 is 0.879 bits per heavy atom. The zero-order valence-corrected chi connectivity index (χ0v) is 18.6. The highest BCUT2D eigenvalue weighted by atomic mass is 16.5. The Bertz CT molecular complexity index is 1230. The van der Waals surface area contributed by atoms with Crippen LogP contribution in [0.2, 0.25) is 0 Å². The molecule has 0 aliphatic carbocycles. The van der Waals surface area contributed by atoms with Crippen LogP contribution in [0.25, 0.3) is 10.9 Å². The maximum Gasteiger partial charge on any atom is 0.340 e. The van der Waals surface area contributed by atoms with Gasteiger partial charge in [0, 0.05) is 11.1 Å². The van der Waals surface area contributed by atoms with Crippen molar-refractivity contribution in [3.63, 3.8) is 0 Å². The average molecular weight is 450 g/mol. The second kappa shape index (κ2) is 9.90. The molecule has 3 aromatic rings.